The third-order valence-electron chi connectivity index (χ3n) is 9.45. The maximum atomic E-state index is 13.9. The summed E-state index contributed by atoms with van der Waals surface area (Å²) in [6, 6.07) is 13.9. The van der Waals surface area contributed by atoms with Crippen molar-refractivity contribution in [2.45, 2.75) is 82.7 Å². The van der Waals surface area contributed by atoms with E-state index in [1.54, 1.807) is 55.5 Å². The molecule has 4 rings (SSSR count). The molecule has 2 aromatic rings. The lowest BCUT2D eigenvalue weighted by atomic mass is 9.90. The molecule has 2 aliphatic rings. The van der Waals surface area contributed by atoms with Crippen molar-refractivity contribution in [1.82, 2.24) is 25.6 Å². The van der Waals surface area contributed by atoms with Crippen molar-refractivity contribution in [2.24, 2.45) is 17.6 Å². The van der Waals surface area contributed by atoms with E-state index in [0.29, 0.717) is 43.0 Å². The summed E-state index contributed by atoms with van der Waals surface area (Å²) in [6.07, 6.45) is 5.64. The molecule has 13 heteroatoms. The molecule has 3 amide bonds. The molecule has 12 nitrogen and oxygen atoms in total. The van der Waals surface area contributed by atoms with Crippen LogP contribution >= 0.6 is 0 Å². The van der Waals surface area contributed by atoms with Crippen molar-refractivity contribution in [1.29, 1.82) is 5.41 Å². The molecule has 2 unspecified atom stereocenters. The molecule has 48 heavy (non-hydrogen) atoms. The number of sulfonamides is 1. The van der Waals surface area contributed by atoms with Crippen molar-refractivity contribution in [2.75, 3.05) is 26.2 Å². The topological polar surface area (TPSA) is 187 Å². The van der Waals surface area contributed by atoms with Gasteiger partial charge < -0.3 is 26.6 Å². The fourth-order valence-corrected chi connectivity index (χ4v) is 7.84. The van der Waals surface area contributed by atoms with Crippen LogP contribution in [-0.2, 0) is 36.7 Å². The fourth-order valence-electron chi connectivity index (χ4n) is 6.46. The van der Waals surface area contributed by atoms with Gasteiger partial charge in [-0.2, -0.15) is 0 Å². The molecule has 2 heterocycles. The minimum Gasteiger partial charge on any atom is -0.384 e. The van der Waals surface area contributed by atoms with E-state index in [0.717, 1.165) is 50.8 Å². The number of nitrogens with two attached hydrogens (primary N) is 1. The second kappa shape index (κ2) is 18.1. The van der Waals surface area contributed by atoms with Gasteiger partial charge in [-0.25, -0.2) is 13.1 Å². The number of likely N-dealkylation sites (tertiary alicyclic amines) is 1. The van der Waals surface area contributed by atoms with E-state index < -0.39 is 28.0 Å². The van der Waals surface area contributed by atoms with Crippen LogP contribution in [0.4, 0.5) is 0 Å². The Labute approximate surface area is 284 Å². The minimum absolute atomic E-state index is 0.0401. The first-order chi connectivity index (χ1) is 23.0. The number of carbonyl (C=O) groups is 3. The Morgan fingerprint density at radius 3 is 2.08 bits per heavy atom. The molecular weight excluding hydrogens is 630 g/mol. The van der Waals surface area contributed by atoms with Crippen LogP contribution in [0.1, 0.15) is 75.0 Å². The molecule has 2 aliphatic heterocycles. The van der Waals surface area contributed by atoms with E-state index in [9.17, 15) is 22.8 Å². The first-order valence-corrected chi connectivity index (χ1v) is 18.7. The number of nitrogens with one attached hydrogen (secondary N) is 5. The average Bonchev–Trinajstić information content (AvgIpc) is 3.08. The summed E-state index contributed by atoms with van der Waals surface area (Å²) in [5.74, 6) is -0.444. The third-order valence-corrected chi connectivity index (χ3v) is 10.8. The van der Waals surface area contributed by atoms with Crippen molar-refractivity contribution < 1.29 is 22.8 Å². The molecule has 7 N–H and O–H groups in total. The van der Waals surface area contributed by atoms with E-state index >= 15 is 0 Å². The molecule has 2 atom stereocenters. The number of benzene rings is 2. The summed E-state index contributed by atoms with van der Waals surface area (Å²) in [4.78, 5) is 41.1. The highest BCUT2D eigenvalue weighted by Crippen LogP contribution is 2.24. The Balaban J connectivity index is 1.46. The van der Waals surface area contributed by atoms with Gasteiger partial charge in [0.1, 0.15) is 17.9 Å². The first-order valence-electron chi connectivity index (χ1n) is 17.0. The van der Waals surface area contributed by atoms with Crippen LogP contribution in [0.25, 0.3) is 0 Å². The Kier molecular flexibility index (Phi) is 14.0. The number of piperidine rings is 2. The zero-order valence-electron chi connectivity index (χ0n) is 27.9. The summed E-state index contributed by atoms with van der Waals surface area (Å²) < 4.78 is 29.3. The normalized spacial score (nSPS) is 17.3. The van der Waals surface area contributed by atoms with Crippen molar-refractivity contribution in [3.05, 3.63) is 71.3 Å². The minimum atomic E-state index is -3.89. The summed E-state index contributed by atoms with van der Waals surface area (Å²) in [6.45, 7) is 4.91. The van der Waals surface area contributed by atoms with Crippen LogP contribution in [0, 0.1) is 17.2 Å². The van der Waals surface area contributed by atoms with Gasteiger partial charge in [-0.15, -0.1) is 0 Å². The van der Waals surface area contributed by atoms with Gasteiger partial charge >= 0.3 is 0 Å². The van der Waals surface area contributed by atoms with Crippen LogP contribution in [0.3, 0.4) is 0 Å². The van der Waals surface area contributed by atoms with E-state index in [1.807, 2.05) is 11.0 Å². The van der Waals surface area contributed by atoms with Gasteiger partial charge in [0.05, 0.1) is 5.75 Å². The maximum absolute atomic E-state index is 13.9. The van der Waals surface area contributed by atoms with Gasteiger partial charge in [0.15, 0.2) is 0 Å². The van der Waals surface area contributed by atoms with Crippen LogP contribution in [0.2, 0.25) is 0 Å². The van der Waals surface area contributed by atoms with Crippen molar-refractivity contribution >= 4 is 33.6 Å². The Morgan fingerprint density at radius 1 is 0.875 bits per heavy atom. The third kappa shape index (κ3) is 12.0. The number of carbonyl (C=O) groups excluding carboxylic acids is 3. The lowest BCUT2D eigenvalue weighted by Gasteiger charge is -2.32. The van der Waals surface area contributed by atoms with Crippen LogP contribution in [0.15, 0.2) is 54.6 Å². The fraction of sp³-hybridized carbons (Fsp3) is 0.543. The highest BCUT2D eigenvalue weighted by molar-refractivity contribution is 7.88. The lowest BCUT2D eigenvalue weighted by Crippen LogP contribution is -2.54. The zero-order valence-corrected chi connectivity index (χ0v) is 28.7. The number of nitrogen functional groups attached to an aromatic ring is 1. The van der Waals surface area contributed by atoms with Crippen molar-refractivity contribution in [3.63, 3.8) is 0 Å². The summed E-state index contributed by atoms with van der Waals surface area (Å²) in [7, 11) is -3.89. The van der Waals surface area contributed by atoms with Gasteiger partial charge in [-0.3, -0.25) is 19.8 Å². The highest BCUT2D eigenvalue weighted by Gasteiger charge is 2.31. The van der Waals surface area contributed by atoms with Gasteiger partial charge in [0.25, 0.3) is 0 Å². The molecular formula is C35H51N7O5S. The van der Waals surface area contributed by atoms with Crippen LogP contribution in [0.5, 0.6) is 0 Å². The number of hydrogen-bond acceptors (Lipinski definition) is 7. The quantitative estimate of drug-likeness (QED) is 0.116. The van der Waals surface area contributed by atoms with E-state index in [4.69, 9.17) is 11.1 Å². The monoisotopic (exact) mass is 681 g/mol. The number of amides is 3. The number of amidine groups is 1. The second-order valence-corrected chi connectivity index (χ2v) is 14.9. The number of nitrogens with zero attached hydrogens (tertiary/aromatic N) is 1. The van der Waals surface area contributed by atoms with Crippen LogP contribution < -0.4 is 26.4 Å². The molecule has 262 valence electrons. The predicted molar refractivity (Wildman–Crippen MR) is 186 cm³/mol. The van der Waals surface area contributed by atoms with Gasteiger partial charge in [-0.1, -0.05) is 54.6 Å². The number of hydrogen-bond donors (Lipinski definition) is 6. The highest BCUT2D eigenvalue weighted by atomic mass is 32.2. The maximum Gasteiger partial charge on any atom is 0.242 e. The summed E-state index contributed by atoms with van der Waals surface area (Å²) >= 11 is 0. The van der Waals surface area contributed by atoms with Crippen molar-refractivity contribution in [3.8, 4) is 0 Å². The Hall–Kier alpha value is -3.81. The van der Waals surface area contributed by atoms with Crippen LogP contribution in [-0.4, -0.2) is 75.1 Å². The smallest absolute Gasteiger partial charge is 0.242 e. The molecule has 0 bridgehead atoms. The molecule has 2 aromatic carbocycles. The van der Waals surface area contributed by atoms with E-state index in [2.05, 4.69) is 20.7 Å². The Morgan fingerprint density at radius 2 is 1.48 bits per heavy atom. The van der Waals surface area contributed by atoms with E-state index in [-0.39, 0.29) is 42.3 Å². The molecule has 2 fully saturated rings. The Bertz CT molecular complexity index is 1470. The SMILES string of the molecule is CC(=O)N1CCC(CCC(NS(=O)(=O)Cc2ccccc2)C(=O)NC(CCC2CCNCC2)C(=O)NCc2ccc(C(=N)N)cc2)CC1. The number of rotatable bonds is 16. The molecule has 0 aromatic heterocycles. The zero-order chi connectivity index (χ0) is 34.5. The summed E-state index contributed by atoms with van der Waals surface area (Å²) in [5.41, 5.74) is 7.57. The molecule has 0 spiro atoms. The summed E-state index contributed by atoms with van der Waals surface area (Å²) in [5, 5.41) is 16.8. The molecule has 0 radical (unpaired) electrons. The standard InChI is InChI=1S/C35H51N7O5S/c1-25(43)42-21-17-27(18-22-42)10-14-32(41-48(46,47)24-29-5-3-2-4-6-29)35(45)40-31(13-9-26-15-19-38-20-16-26)34(44)39-23-28-7-11-30(12-8-28)33(36)37/h2-8,11-12,26-27,31-32,38,41H,9-10,13-24H2,1H3,(H3,36,37)(H,39,44)(H,40,45). The second-order valence-electron chi connectivity index (χ2n) is 13.1. The largest absolute Gasteiger partial charge is 0.384 e. The lowest BCUT2D eigenvalue weighted by molar-refractivity contribution is -0.130. The molecule has 0 aliphatic carbocycles. The predicted octanol–water partition coefficient (Wildman–Crippen LogP) is 2.38. The molecule has 0 saturated carbocycles. The first kappa shape index (κ1) is 37.0. The van der Waals surface area contributed by atoms with E-state index in [1.165, 1.54) is 0 Å². The van der Waals surface area contributed by atoms with Gasteiger partial charge in [0.2, 0.25) is 27.7 Å². The molecule has 2 saturated heterocycles. The van der Waals surface area contributed by atoms with Gasteiger partial charge in [0, 0.05) is 32.1 Å². The van der Waals surface area contributed by atoms with Gasteiger partial charge in [-0.05, 0) is 87.4 Å². The average molecular weight is 682 g/mol.